The van der Waals surface area contributed by atoms with Crippen LogP contribution in [-0.2, 0) is 0 Å². The van der Waals surface area contributed by atoms with Crippen molar-refractivity contribution >= 4 is 11.5 Å². The molecule has 0 radical (unpaired) electrons. The number of aliphatic hydroxyl groups excluding tert-OH is 1. The summed E-state index contributed by atoms with van der Waals surface area (Å²) in [6, 6.07) is 9.90. The number of aliphatic hydroxyl groups is 1. The van der Waals surface area contributed by atoms with Crippen LogP contribution < -0.4 is 0 Å². The van der Waals surface area contributed by atoms with Gasteiger partial charge < -0.3 is 5.11 Å². The molecule has 0 saturated carbocycles. The van der Waals surface area contributed by atoms with Crippen molar-refractivity contribution in [2.45, 2.75) is 25.9 Å². The minimum absolute atomic E-state index is 0.416. The summed E-state index contributed by atoms with van der Waals surface area (Å²) in [5.41, 5.74) is 2.19. The Morgan fingerprint density at radius 3 is 2.38 bits per heavy atom. The Kier molecular flexibility index (Phi) is 3.36. The lowest BCUT2D eigenvalue weighted by Gasteiger charge is -2.16. The number of rotatable bonds is 3. The Bertz CT molecular complexity index is 451. The molecule has 0 bridgehead atoms. The highest BCUT2D eigenvalue weighted by Crippen LogP contribution is 2.30. The van der Waals surface area contributed by atoms with Crippen molar-refractivity contribution in [1.29, 1.82) is 0 Å². The molecule has 1 aromatic heterocycles. The maximum absolute atomic E-state index is 10.3. The summed E-state index contributed by atoms with van der Waals surface area (Å²) in [5, 5.41) is 10.3. The number of aromatic nitrogens is 1. The Labute approximate surface area is 99.7 Å². The molecule has 0 fully saturated rings. The van der Waals surface area contributed by atoms with Crippen LogP contribution in [0.2, 0.25) is 0 Å². The fourth-order valence-electron chi connectivity index (χ4n) is 1.81. The van der Waals surface area contributed by atoms with Crippen molar-refractivity contribution in [2.24, 2.45) is 0 Å². The first-order valence-electron chi connectivity index (χ1n) is 5.37. The summed E-state index contributed by atoms with van der Waals surface area (Å²) in [6.07, 6.45) is 1.17. The van der Waals surface area contributed by atoms with Crippen molar-refractivity contribution in [2.75, 3.05) is 0 Å². The van der Waals surface area contributed by atoms with Crippen LogP contribution in [-0.4, -0.2) is 9.48 Å². The smallest absolute Gasteiger partial charge is 0.115 e. The molecule has 1 heterocycles. The van der Waals surface area contributed by atoms with Gasteiger partial charge in [-0.1, -0.05) is 38.1 Å². The molecule has 3 heteroatoms. The molecule has 1 aromatic carbocycles. The molecule has 84 valence electrons. The van der Waals surface area contributed by atoms with Crippen molar-refractivity contribution in [3.8, 4) is 0 Å². The van der Waals surface area contributed by atoms with Gasteiger partial charge in [0.1, 0.15) is 6.10 Å². The number of hydrogen-bond donors (Lipinski definition) is 1. The fourth-order valence-corrected chi connectivity index (χ4v) is 2.40. The highest BCUT2D eigenvalue weighted by atomic mass is 32.1. The second-order valence-electron chi connectivity index (χ2n) is 4.10. The van der Waals surface area contributed by atoms with Crippen molar-refractivity contribution in [3.63, 3.8) is 0 Å². The SMILES string of the molecule is CC(C)c1ccccc1[C@H](O)c1ccns1. The summed E-state index contributed by atoms with van der Waals surface area (Å²) in [6.45, 7) is 4.27. The van der Waals surface area contributed by atoms with E-state index in [1.54, 1.807) is 6.20 Å². The van der Waals surface area contributed by atoms with Crippen molar-refractivity contribution in [1.82, 2.24) is 4.37 Å². The van der Waals surface area contributed by atoms with Gasteiger partial charge in [0, 0.05) is 6.20 Å². The third kappa shape index (κ3) is 2.15. The average Bonchev–Trinajstić information content (AvgIpc) is 2.81. The zero-order valence-electron chi connectivity index (χ0n) is 9.42. The maximum atomic E-state index is 10.3. The van der Waals surface area contributed by atoms with Crippen LogP contribution in [0.3, 0.4) is 0 Å². The number of nitrogens with zero attached hydrogens (tertiary/aromatic N) is 1. The van der Waals surface area contributed by atoms with E-state index in [0.717, 1.165) is 10.4 Å². The van der Waals surface area contributed by atoms with E-state index in [4.69, 9.17) is 0 Å². The van der Waals surface area contributed by atoms with Gasteiger partial charge in [-0.2, -0.15) is 0 Å². The summed E-state index contributed by atoms with van der Waals surface area (Å²) in [5.74, 6) is 0.416. The van der Waals surface area contributed by atoms with Gasteiger partial charge in [-0.25, -0.2) is 4.37 Å². The van der Waals surface area contributed by atoms with Crippen LogP contribution in [0.4, 0.5) is 0 Å². The van der Waals surface area contributed by atoms with Gasteiger partial charge >= 0.3 is 0 Å². The monoisotopic (exact) mass is 233 g/mol. The number of benzene rings is 1. The van der Waals surface area contributed by atoms with Crippen LogP contribution in [0.25, 0.3) is 0 Å². The standard InChI is InChI=1S/C13H15NOS/c1-9(2)10-5-3-4-6-11(10)13(15)12-7-8-14-16-12/h3-9,13,15H,1-2H3/t13-/m0/s1. The highest BCUT2D eigenvalue weighted by Gasteiger charge is 2.16. The van der Waals surface area contributed by atoms with Crippen LogP contribution >= 0.6 is 11.5 Å². The molecule has 2 nitrogen and oxygen atoms in total. The van der Waals surface area contributed by atoms with Gasteiger partial charge in [-0.3, -0.25) is 0 Å². The molecule has 1 N–H and O–H groups in total. The summed E-state index contributed by atoms with van der Waals surface area (Å²) >= 11 is 1.35. The lowest BCUT2D eigenvalue weighted by Crippen LogP contribution is -2.03. The average molecular weight is 233 g/mol. The molecule has 0 saturated heterocycles. The van der Waals surface area contributed by atoms with Crippen LogP contribution in [0, 0.1) is 0 Å². The molecule has 1 atom stereocenters. The van der Waals surface area contributed by atoms with Gasteiger partial charge in [-0.15, -0.1) is 0 Å². The highest BCUT2D eigenvalue weighted by molar-refractivity contribution is 7.05. The van der Waals surface area contributed by atoms with Gasteiger partial charge in [0.05, 0.1) is 4.88 Å². The quantitative estimate of drug-likeness (QED) is 0.882. The molecule has 0 spiro atoms. The molecular weight excluding hydrogens is 218 g/mol. The first-order valence-corrected chi connectivity index (χ1v) is 6.15. The van der Waals surface area contributed by atoms with Gasteiger partial charge in [0.15, 0.2) is 0 Å². The first kappa shape index (κ1) is 11.3. The number of hydrogen-bond acceptors (Lipinski definition) is 3. The summed E-state index contributed by atoms with van der Waals surface area (Å²) < 4.78 is 4.02. The second kappa shape index (κ2) is 4.76. The largest absolute Gasteiger partial charge is 0.383 e. The zero-order valence-corrected chi connectivity index (χ0v) is 10.2. The molecule has 0 amide bonds. The third-order valence-electron chi connectivity index (χ3n) is 2.64. The predicted molar refractivity (Wildman–Crippen MR) is 66.7 cm³/mol. The minimum atomic E-state index is -0.550. The summed E-state index contributed by atoms with van der Waals surface area (Å²) in [4.78, 5) is 0.896. The fraction of sp³-hybridized carbons (Fsp3) is 0.308. The first-order chi connectivity index (χ1) is 7.70. The summed E-state index contributed by atoms with van der Waals surface area (Å²) in [7, 11) is 0. The van der Waals surface area contributed by atoms with E-state index >= 15 is 0 Å². The lowest BCUT2D eigenvalue weighted by atomic mass is 9.93. The molecular formula is C13H15NOS. The van der Waals surface area contributed by atoms with E-state index in [1.807, 2.05) is 24.3 Å². The normalized spacial score (nSPS) is 13.0. The Balaban J connectivity index is 2.40. The molecule has 0 aliphatic heterocycles. The Morgan fingerprint density at radius 1 is 1.12 bits per heavy atom. The predicted octanol–water partition coefficient (Wildman–Crippen LogP) is 3.35. The van der Waals surface area contributed by atoms with Gasteiger partial charge in [-0.05, 0) is 34.6 Å². The van der Waals surface area contributed by atoms with Crippen LogP contribution in [0.5, 0.6) is 0 Å². The Hall–Kier alpha value is -1.19. The van der Waals surface area contributed by atoms with E-state index in [9.17, 15) is 5.11 Å². The molecule has 16 heavy (non-hydrogen) atoms. The maximum Gasteiger partial charge on any atom is 0.115 e. The topological polar surface area (TPSA) is 33.1 Å². The van der Waals surface area contributed by atoms with Crippen LogP contribution in [0.1, 0.15) is 41.9 Å². The Morgan fingerprint density at radius 2 is 1.81 bits per heavy atom. The second-order valence-corrected chi connectivity index (χ2v) is 4.97. The van der Waals surface area contributed by atoms with E-state index < -0.39 is 6.10 Å². The van der Waals surface area contributed by atoms with Crippen LogP contribution in [0.15, 0.2) is 36.5 Å². The minimum Gasteiger partial charge on any atom is -0.383 e. The van der Waals surface area contributed by atoms with E-state index in [-0.39, 0.29) is 0 Å². The molecule has 0 aliphatic carbocycles. The molecule has 0 unspecified atom stereocenters. The van der Waals surface area contributed by atoms with E-state index in [1.165, 1.54) is 17.1 Å². The lowest BCUT2D eigenvalue weighted by molar-refractivity contribution is 0.222. The molecule has 2 rings (SSSR count). The van der Waals surface area contributed by atoms with E-state index in [0.29, 0.717) is 5.92 Å². The van der Waals surface area contributed by atoms with Gasteiger partial charge in [0.25, 0.3) is 0 Å². The molecule has 0 aliphatic rings. The molecule has 2 aromatic rings. The van der Waals surface area contributed by atoms with Gasteiger partial charge in [0.2, 0.25) is 0 Å². The third-order valence-corrected chi connectivity index (χ3v) is 3.44. The van der Waals surface area contributed by atoms with Crippen molar-refractivity contribution in [3.05, 3.63) is 52.5 Å². The van der Waals surface area contributed by atoms with Crippen molar-refractivity contribution < 1.29 is 5.11 Å². The zero-order chi connectivity index (χ0) is 11.5. The van der Waals surface area contributed by atoms with E-state index in [2.05, 4.69) is 24.3 Å².